The summed E-state index contributed by atoms with van der Waals surface area (Å²) in [5, 5.41) is 0. The van der Waals surface area contributed by atoms with Crippen LogP contribution in [0.15, 0.2) is 36.5 Å². The van der Waals surface area contributed by atoms with Crippen LogP contribution in [0.5, 0.6) is 0 Å². The van der Waals surface area contributed by atoms with Gasteiger partial charge in [-0.2, -0.15) is 0 Å². The first-order chi connectivity index (χ1) is 10.9. The summed E-state index contributed by atoms with van der Waals surface area (Å²) >= 11 is 0. The number of hydrogen-bond donors (Lipinski definition) is 0. The van der Waals surface area contributed by atoms with Crippen LogP contribution in [0.1, 0.15) is 19.4 Å². The summed E-state index contributed by atoms with van der Waals surface area (Å²) in [7, 11) is 3.81. The summed E-state index contributed by atoms with van der Waals surface area (Å²) in [5.41, 5.74) is 4.22. The number of aryl methyl sites for hydroxylation is 1. The molecule has 4 rings (SSSR count). The summed E-state index contributed by atoms with van der Waals surface area (Å²) in [5.74, 6) is 0.948. The van der Waals surface area contributed by atoms with Gasteiger partial charge in [0.05, 0.1) is 16.4 Å². The van der Waals surface area contributed by atoms with Gasteiger partial charge in [0.1, 0.15) is 5.69 Å². The first-order valence-electron chi connectivity index (χ1n) is 7.62. The van der Waals surface area contributed by atoms with Crippen molar-refractivity contribution >= 4 is 22.6 Å². The molecule has 0 atom stereocenters. The Morgan fingerprint density at radius 3 is 2.61 bits per heavy atom. The van der Waals surface area contributed by atoms with Gasteiger partial charge in [-0.25, -0.2) is 4.98 Å². The Kier molecular flexibility index (Phi) is 2.67. The monoisotopic (exact) mass is 306 g/mol. The zero-order chi connectivity index (χ0) is 16.4. The van der Waals surface area contributed by atoms with E-state index >= 15 is 0 Å². The molecular weight excluding hydrogens is 288 g/mol. The molecule has 0 spiro atoms. The second kappa shape index (κ2) is 4.41. The van der Waals surface area contributed by atoms with E-state index in [1.54, 1.807) is 11.1 Å². The van der Waals surface area contributed by atoms with Crippen LogP contribution in [-0.2, 0) is 17.3 Å². The molecule has 1 aliphatic rings. The third kappa shape index (κ3) is 1.76. The second-order valence-electron chi connectivity index (χ2n) is 6.56. The topological polar surface area (TPSA) is 51.0 Å². The van der Waals surface area contributed by atoms with E-state index in [1.807, 2.05) is 56.8 Å². The Balaban J connectivity index is 1.99. The van der Waals surface area contributed by atoms with E-state index in [4.69, 9.17) is 4.98 Å². The Morgan fingerprint density at radius 2 is 1.91 bits per heavy atom. The number of hydrogen-bond acceptors (Lipinski definition) is 3. The number of fused-ring (bicyclic) bond motifs is 2. The van der Waals surface area contributed by atoms with E-state index in [0.29, 0.717) is 0 Å². The fourth-order valence-electron chi connectivity index (χ4n) is 3.37. The maximum Gasteiger partial charge on any atom is 0.236 e. The van der Waals surface area contributed by atoms with E-state index in [0.717, 1.165) is 33.8 Å². The molecule has 1 aromatic carbocycles. The predicted octanol–water partition coefficient (Wildman–Crippen LogP) is 2.89. The highest BCUT2D eigenvalue weighted by Gasteiger charge is 2.42. The lowest BCUT2D eigenvalue weighted by molar-refractivity contribution is -0.121. The highest BCUT2D eigenvalue weighted by Crippen LogP contribution is 2.43. The molecule has 3 heterocycles. The minimum absolute atomic E-state index is 0.118. The number of nitrogens with zero attached hydrogens (tertiary/aromatic N) is 4. The van der Waals surface area contributed by atoms with Crippen molar-refractivity contribution in [3.05, 3.63) is 42.1 Å². The van der Waals surface area contributed by atoms with Crippen LogP contribution >= 0.6 is 0 Å². The minimum Gasteiger partial charge on any atom is -0.326 e. The number of benzene rings is 1. The van der Waals surface area contributed by atoms with Gasteiger partial charge >= 0.3 is 0 Å². The van der Waals surface area contributed by atoms with Crippen molar-refractivity contribution in [1.82, 2.24) is 14.5 Å². The smallest absolute Gasteiger partial charge is 0.236 e. The van der Waals surface area contributed by atoms with Gasteiger partial charge in [-0.1, -0.05) is 6.07 Å². The van der Waals surface area contributed by atoms with Crippen molar-refractivity contribution in [2.24, 2.45) is 7.05 Å². The van der Waals surface area contributed by atoms with Crippen LogP contribution < -0.4 is 4.90 Å². The van der Waals surface area contributed by atoms with E-state index in [9.17, 15) is 4.79 Å². The van der Waals surface area contributed by atoms with Crippen molar-refractivity contribution in [3.8, 4) is 11.5 Å². The molecule has 0 fully saturated rings. The summed E-state index contributed by atoms with van der Waals surface area (Å²) < 4.78 is 2.04. The molecule has 0 saturated carbocycles. The highest BCUT2D eigenvalue weighted by atomic mass is 16.2. The van der Waals surface area contributed by atoms with Crippen LogP contribution in [0.25, 0.3) is 22.6 Å². The normalized spacial score (nSPS) is 16.2. The zero-order valence-corrected chi connectivity index (χ0v) is 13.7. The number of amides is 1. The molecule has 1 aliphatic heterocycles. The third-order valence-corrected chi connectivity index (χ3v) is 4.77. The van der Waals surface area contributed by atoms with Crippen molar-refractivity contribution in [1.29, 1.82) is 0 Å². The van der Waals surface area contributed by atoms with Crippen LogP contribution in [0, 0.1) is 0 Å². The quantitative estimate of drug-likeness (QED) is 0.694. The highest BCUT2D eigenvalue weighted by molar-refractivity contribution is 6.09. The van der Waals surface area contributed by atoms with Crippen molar-refractivity contribution in [3.63, 3.8) is 0 Å². The van der Waals surface area contributed by atoms with Crippen molar-refractivity contribution in [2.75, 3.05) is 11.9 Å². The molecule has 0 bridgehead atoms. The Morgan fingerprint density at radius 1 is 1.13 bits per heavy atom. The lowest BCUT2D eigenvalue weighted by atomic mass is 9.86. The standard InChI is InChI=1S/C18H18N4O/c1-18(2)11-9-15-13(10-14(11)22(4)17(18)23)20-16(21(15)3)12-7-5-6-8-19-12/h5-10H,1-4H3. The van der Waals surface area contributed by atoms with Crippen molar-refractivity contribution < 1.29 is 4.79 Å². The number of anilines is 1. The summed E-state index contributed by atoms with van der Waals surface area (Å²) in [4.78, 5) is 23.3. The van der Waals surface area contributed by atoms with Gasteiger partial charge in [-0.05, 0) is 43.7 Å². The number of imidazole rings is 1. The van der Waals surface area contributed by atoms with E-state index in [-0.39, 0.29) is 5.91 Å². The van der Waals surface area contributed by atoms with Gasteiger partial charge in [0, 0.05) is 26.0 Å². The number of carbonyl (C=O) groups is 1. The number of likely N-dealkylation sites (N-methyl/N-ethyl adjacent to an activating group) is 1. The molecule has 5 nitrogen and oxygen atoms in total. The molecule has 0 unspecified atom stereocenters. The minimum atomic E-state index is -0.506. The SMILES string of the molecule is CN1C(=O)C(C)(C)c2cc3c(cc21)nc(-c1ccccn1)n3C. The molecule has 1 amide bonds. The fraction of sp³-hybridized carbons (Fsp3) is 0.278. The first-order valence-corrected chi connectivity index (χ1v) is 7.62. The van der Waals surface area contributed by atoms with Crippen LogP contribution in [0.4, 0.5) is 5.69 Å². The molecular formula is C18H18N4O. The Hall–Kier alpha value is -2.69. The second-order valence-corrected chi connectivity index (χ2v) is 6.56. The van der Waals surface area contributed by atoms with Gasteiger partial charge in [0.2, 0.25) is 5.91 Å². The van der Waals surface area contributed by atoms with Crippen LogP contribution in [-0.4, -0.2) is 27.5 Å². The van der Waals surface area contributed by atoms with E-state index in [2.05, 4.69) is 11.1 Å². The Bertz CT molecular complexity index is 941. The zero-order valence-electron chi connectivity index (χ0n) is 13.7. The van der Waals surface area contributed by atoms with Crippen molar-refractivity contribution in [2.45, 2.75) is 19.3 Å². The molecule has 2 aromatic heterocycles. The summed E-state index contributed by atoms with van der Waals surface area (Å²) in [6, 6.07) is 9.89. The predicted molar refractivity (Wildman–Crippen MR) is 90.4 cm³/mol. The first kappa shape index (κ1) is 13.9. The van der Waals surface area contributed by atoms with Gasteiger partial charge in [-0.3, -0.25) is 9.78 Å². The molecule has 0 N–H and O–H groups in total. The number of rotatable bonds is 1. The van der Waals surface area contributed by atoms with Gasteiger partial charge in [0.15, 0.2) is 5.82 Å². The van der Waals surface area contributed by atoms with Gasteiger partial charge in [-0.15, -0.1) is 0 Å². The molecule has 5 heteroatoms. The molecule has 0 aliphatic carbocycles. The average molecular weight is 306 g/mol. The molecule has 0 radical (unpaired) electrons. The number of pyridine rings is 1. The molecule has 23 heavy (non-hydrogen) atoms. The third-order valence-electron chi connectivity index (χ3n) is 4.77. The summed E-state index contributed by atoms with van der Waals surface area (Å²) in [6.07, 6.45) is 1.77. The lowest BCUT2D eigenvalue weighted by Gasteiger charge is -2.16. The van der Waals surface area contributed by atoms with Crippen LogP contribution in [0.2, 0.25) is 0 Å². The molecule has 0 saturated heterocycles. The largest absolute Gasteiger partial charge is 0.326 e. The lowest BCUT2D eigenvalue weighted by Crippen LogP contribution is -2.33. The van der Waals surface area contributed by atoms with E-state index in [1.165, 1.54) is 0 Å². The number of aromatic nitrogens is 3. The average Bonchev–Trinajstić information content (AvgIpc) is 2.96. The van der Waals surface area contributed by atoms with Crippen LogP contribution in [0.3, 0.4) is 0 Å². The molecule has 116 valence electrons. The van der Waals surface area contributed by atoms with E-state index < -0.39 is 5.41 Å². The molecule has 3 aromatic rings. The van der Waals surface area contributed by atoms with Gasteiger partial charge in [0.25, 0.3) is 0 Å². The number of carbonyl (C=O) groups excluding carboxylic acids is 1. The fourth-order valence-corrected chi connectivity index (χ4v) is 3.37. The Labute approximate surface area is 134 Å². The van der Waals surface area contributed by atoms with Gasteiger partial charge < -0.3 is 9.47 Å². The maximum absolute atomic E-state index is 12.4. The summed E-state index contributed by atoms with van der Waals surface area (Å²) in [6.45, 7) is 3.94. The maximum atomic E-state index is 12.4.